The van der Waals surface area contributed by atoms with E-state index >= 15 is 0 Å². The van der Waals surface area contributed by atoms with Crippen molar-refractivity contribution < 1.29 is 4.79 Å². The summed E-state index contributed by atoms with van der Waals surface area (Å²) in [7, 11) is 0. The van der Waals surface area contributed by atoms with E-state index in [-0.39, 0.29) is 5.91 Å². The van der Waals surface area contributed by atoms with E-state index < -0.39 is 0 Å². The van der Waals surface area contributed by atoms with Crippen LogP contribution < -0.4 is 5.32 Å². The van der Waals surface area contributed by atoms with Crippen LogP contribution in [0.5, 0.6) is 0 Å². The van der Waals surface area contributed by atoms with Crippen molar-refractivity contribution in [3.05, 3.63) is 30.1 Å². The number of para-hydroxylation sites is 2. The highest BCUT2D eigenvalue weighted by Gasteiger charge is 2.19. The van der Waals surface area contributed by atoms with E-state index in [1.807, 2.05) is 24.3 Å². The van der Waals surface area contributed by atoms with Crippen LogP contribution in [0, 0.1) is 0 Å². The van der Waals surface area contributed by atoms with Crippen molar-refractivity contribution in [1.29, 1.82) is 0 Å². The molecule has 5 heteroatoms. The lowest BCUT2D eigenvalue weighted by atomic mass is 10.2. The third kappa shape index (κ3) is 3.23. The minimum Gasteiger partial charge on any atom is -0.352 e. The van der Waals surface area contributed by atoms with E-state index in [0.29, 0.717) is 12.6 Å². The number of hydrogen-bond acceptors (Lipinski definition) is 3. The van der Waals surface area contributed by atoms with Crippen molar-refractivity contribution >= 4 is 28.7 Å². The standard InChI is InChI=1S/C16H21N3OS/c1-21-11-15-18-13-8-4-5-9-14(13)19(15)10-16(20)17-12-6-2-3-7-12/h4-5,8-9,12H,2-3,6-7,10-11H2,1H3,(H,17,20). The second-order valence-electron chi connectivity index (χ2n) is 5.58. The van der Waals surface area contributed by atoms with Crippen molar-refractivity contribution in [2.45, 2.75) is 44.0 Å². The summed E-state index contributed by atoms with van der Waals surface area (Å²) in [5.41, 5.74) is 2.01. The Kier molecular flexibility index (Phi) is 4.48. The van der Waals surface area contributed by atoms with Gasteiger partial charge < -0.3 is 9.88 Å². The van der Waals surface area contributed by atoms with E-state index in [2.05, 4.69) is 21.1 Å². The molecule has 0 bridgehead atoms. The molecule has 0 radical (unpaired) electrons. The molecule has 1 saturated carbocycles. The monoisotopic (exact) mass is 303 g/mol. The molecule has 1 N–H and O–H groups in total. The summed E-state index contributed by atoms with van der Waals surface area (Å²) >= 11 is 1.73. The number of benzene rings is 1. The molecule has 1 aliphatic carbocycles. The predicted molar refractivity (Wildman–Crippen MR) is 87.4 cm³/mol. The quantitative estimate of drug-likeness (QED) is 0.924. The molecule has 3 rings (SSSR count). The Labute approximate surface area is 129 Å². The Morgan fingerprint density at radius 3 is 2.90 bits per heavy atom. The first-order chi connectivity index (χ1) is 10.3. The van der Waals surface area contributed by atoms with Gasteiger partial charge in [-0.15, -0.1) is 0 Å². The van der Waals surface area contributed by atoms with Gasteiger partial charge in [-0.2, -0.15) is 11.8 Å². The van der Waals surface area contributed by atoms with Crippen LogP contribution in [0.25, 0.3) is 11.0 Å². The van der Waals surface area contributed by atoms with Gasteiger partial charge in [-0.1, -0.05) is 25.0 Å². The van der Waals surface area contributed by atoms with Gasteiger partial charge in [0.15, 0.2) is 0 Å². The number of fused-ring (bicyclic) bond motifs is 1. The number of nitrogens with zero attached hydrogens (tertiary/aromatic N) is 2. The molecule has 0 atom stereocenters. The molecule has 0 aliphatic heterocycles. The largest absolute Gasteiger partial charge is 0.352 e. The number of rotatable bonds is 5. The fourth-order valence-electron chi connectivity index (χ4n) is 3.03. The van der Waals surface area contributed by atoms with E-state index in [0.717, 1.165) is 35.5 Å². The number of hydrogen-bond donors (Lipinski definition) is 1. The second kappa shape index (κ2) is 6.52. The zero-order chi connectivity index (χ0) is 14.7. The summed E-state index contributed by atoms with van der Waals surface area (Å²) in [5.74, 6) is 1.91. The van der Waals surface area contributed by atoms with Gasteiger partial charge in [0.2, 0.25) is 5.91 Å². The summed E-state index contributed by atoms with van der Waals surface area (Å²) in [6, 6.07) is 8.40. The number of nitrogens with one attached hydrogen (secondary N) is 1. The molecule has 1 aromatic heterocycles. The Bertz CT molecular complexity index is 631. The lowest BCUT2D eigenvalue weighted by molar-refractivity contribution is -0.122. The first-order valence-electron chi connectivity index (χ1n) is 7.50. The SMILES string of the molecule is CSCc1nc2ccccc2n1CC(=O)NC1CCCC1. The molecule has 2 aromatic rings. The zero-order valence-corrected chi connectivity index (χ0v) is 13.2. The first kappa shape index (κ1) is 14.4. The van der Waals surface area contributed by atoms with Crippen LogP contribution in [-0.2, 0) is 17.1 Å². The van der Waals surface area contributed by atoms with Crippen LogP contribution in [-0.4, -0.2) is 27.8 Å². The highest BCUT2D eigenvalue weighted by Crippen LogP contribution is 2.20. The molecule has 1 heterocycles. The predicted octanol–water partition coefficient (Wildman–Crippen LogP) is 2.96. The molecule has 0 saturated heterocycles. The summed E-state index contributed by atoms with van der Waals surface area (Å²) in [6.45, 7) is 0.368. The van der Waals surface area contributed by atoms with E-state index in [1.165, 1.54) is 12.8 Å². The fraction of sp³-hybridized carbons (Fsp3) is 0.500. The zero-order valence-electron chi connectivity index (χ0n) is 12.3. The van der Waals surface area contributed by atoms with E-state index in [1.54, 1.807) is 11.8 Å². The number of aromatic nitrogens is 2. The van der Waals surface area contributed by atoms with Gasteiger partial charge in [0.1, 0.15) is 12.4 Å². The van der Waals surface area contributed by atoms with Crippen molar-refractivity contribution in [1.82, 2.24) is 14.9 Å². The molecule has 1 amide bonds. The number of carbonyl (C=O) groups is 1. The van der Waals surface area contributed by atoms with E-state index in [9.17, 15) is 4.79 Å². The van der Waals surface area contributed by atoms with E-state index in [4.69, 9.17) is 0 Å². The highest BCUT2D eigenvalue weighted by atomic mass is 32.2. The minimum atomic E-state index is 0.104. The molecule has 112 valence electrons. The van der Waals surface area contributed by atoms with Gasteiger partial charge in [0.25, 0.3) is 0 Å². The topological polar surface area (TPSA) is 46.9 Å². The Morgan fingerprint density at radius 1 is 1.38 bits per heavy atom. The molecule has 21 heavy (non-hydrogen) atoms. The molecule has 0 unspecified atom stereocenters. The van der Waals surface area contributed by atoms with Crippen LogP contribution in [0.2, 0.25) is 0 Å². The minimum absolute atomic E-state index is 0.104. The average molecular weight is 303 g/mol. The van der Waals surface area contributed by atoms with Crippen LogP contribution in [0.3, 0.4) is 0 Å². The summed E-state index contributed by atoms with van der Waals surface area (Å²) < 4.78 is 2.05. The lowest BCUT2D eigenvalue weighted by Crippen LogP contribution is -2.35. The van der Waals surface area contributed by atoms with Crippen LogP contribution in [0.15, 0.2) is 24.3 Å². The third-order valence-electron chi connectivity index (χ3n) is 4.03. The molecule has 1 fully saturated rings. The maximum atomic E-state index is 12.3. The Morgan fingerprint density at radius 2 is 2.14 bits per heavy atom. The van der Waals surface area contributed by atoms with Gasteiger partial charge in [-0.25, -0.2) is 4.98 Å². The molecular formula is C16H21N3OS. The van der Waals surface area contributed by atoms with Crippen LogP contribution in [0.1, 0.15) is 31.5 Å². The van der Waals surface area contributed by atoms with Gasteiger partial charge in [0.05, 0.1) is 16.8 Å². The number of amides is 1. The van der Waals surface area contributed by atoms with Gasteiger partial charge in [0, 0.05) is 6.04 Å². The normalized spacial score (nSPS) is 15.7. The summed E-state index contributed by atoms with van der Waals surface area (Å²) in [6.07, 6.45) is 6.76. The third-order valence-corrected chi connectivity index (χ3v) is 4.58. The highest BCUT2D eigenvalue weighted by molar-refractivity contribution is 7.97. The number of carbonyl (C=O) groups excluding carboxylic acids is 1. The van der Waals surface area contributed by atoms with Crippen molar-refractivity contribution in [2.75, 3.05) is 6.26 Å². The van der Waals surface area contributed by atoms with Crippen LogP contribution >= 0.6 is 11.8 Å². The van der Waals surface area contributed by atoms with Crippen molar-refractivity contribution in [3.63, 3.8) is 0 Å². The maximum Gasteiger partial charge on any atom is 0.240 e. The Balaban J connectivity index is 1.80. The maximum absolute atomic E-state index is 12.3. The van der Waals surface area contributed by atoms with Crippen LogP contribution in [0.4, 0.5) is 0 Å². The summed E-state index contributed by atoms with van der Waals surface area (Å²) in [4.78, 5) is 16.9. The number of thioether (sulfide) groups is 1. The lowest BCUT2D eigenvalue weighted by Gasteiger charge is -2.13. The van der Waals surface area contributed by atoms with Gasteiger partial charge in [-0.05, 0) is 31.2 Å². The number of imidazole rings is 1. The second-order valence-corrected chi connectivity index (χ2v) is 6.45. The fourth-order valence-corrected chi connectivity index (χ4v) is 3.51. The molecule has 1 aliphatic rings. The van der Waals surface area contributed by atoms with Gasteiger partial charge in [-0.3, -0.25) is 4.79 Å². The molecule has 4 nitrogen and oxygen atoms in total. The smallest absolute Gasteiger partial charge is 0.240 e. The molecule has 0 spiro atoms. The Hall–Kier alpha value is -1.49. The van der Waals surface area contributed by atoms with Crippen molar-refractivity contribution in [3.8, 4) is 0 Å². The first-order valence-corrected chi connectivity index (χ1v) is 8.90. The van der Waals surface area contributed by atoms with Gasteiger partial charge >= 0.3 is 0 Å². The molecule has 1 aromatic carbocycles. The summed E-state index contributed by atoms with van der Waals surface area (Å²) in [5, 5.41) is 3.16. The average Bonchev–Trinajstić information content (AvgIpc) is 3.08. The van der Waals surface area contributed by atoms with Crippen molar-refractivity contribution in [2.24, 2.45) is 0 Å². The molecular weight excluding hydrogens is 282 g/mol.